The number of nitrogens with one attached hydrogen (secondary N) is 2. The molecule has 0 amide bonds. The van der Waals surface area contributed by atoms with Crippen molar-refractivity contribution >= 4 is 11.8 Å². The normalized spacial score (nSPS) is 11.8. The van der Waals surface area contributed by atoms with Crippen molar-refractivity contribution in [2.45, 2.75) is 26.1 Å². The lowest BCUT2D eigenvalue weighted by molar-refractivity contribution is -0.877. The monoisotopic (exact) mass is 446 g/mol. The Hall–Kier alpha value is -3.98. The Morgan fingerprint density at radius 1 is 1.48 bits per heavy atom. The van der Waals surface area contributed by atoms with Gasteiger partial charge in [-0.2, -0.15) is 13.2 Å². The van der Waals surface area contributed by atoms with E-state index in [4.69, 9.17) is 5.73 Å². The summed E-state index contributed by atoms with van der Waals surface area (Å²) < 4.78 is 39.2. The highest BCUT2D eigenvalue weighted by molar-refractivity contribution is 5.75. The number of nitrogens with zero attached hydrogens (tertiary/aromatic N) is 6. The van der Waals surface area contributed by atoms with Gasteiger partial charge in [-0.3, -0.25) is 10.1 Å². The fraction of sp³-hybridized carbons (Fsp3) is 0.400. The molecule has 0 unspecified atom stereocenters. The highest BCUT2D eigenvalue weighted by atomic mass is 19.4. The van der Waals surface area contributed by atoms with Crippen molar-refractivity contribution in [3.8, 4) is 0 Å². The summed E-state index contributed by atoms with van der Waals surface area (Å²) in [6, 6.07) is 0. The summed E-state index contributed by atoms with van der Waals surface area (Å²) in [5.74, 6) is -2.24. The topological polar surface area (TPSA) is 167 Å². The van der Waals surface area contributed by atoms with Crippen molar-refractivity contribution in [1.29, 1.82) is 0 Å². The van der Waals surface area contributed by atoms with E-state index >= 15 is 0 Å². The van der Waals surface area contributed by atoms with Crippen LogP contribution in [0.5, 0.6) is 0 Å². The van der Waals surface area contributed by atoms with Crippen LogP contribution < -0.4 is 25.9 Å². The number of nitrogens with two attached hydrogens (primary N) is 1. The van der Waals surface area contributed by atoms with Crippen molar-refractivity contribution in [2.75, 3.05) is 19.3 Å². The molecule has 16 heteroatoms. The minimum Gasteiger partial charge on any atom is -0.370 e. The molecule has 168 valence electrons. The summed E-state index contributed by atoms with van der Waals surface area (Å²) in [5, 5.41) is 23.8. The largest absolute Gasteiger partial charge is 0.495 e. The molecule has 4 N–H and O–H groups in total. The highest BCUT2D eigenvalue weighted by Gasteiger charge is 2.44. The first-order chi connectivity index (χ1) is 14.5. The number of carbonyl (C=O) groups excluding carboxylic acids is 1. The van der Waals surface area contributed by atoms with E-state index in [1.165, 1.54) is 18.7 Å². The second-order valence-corrected chi connectivity index (χ2v) is 6.06. The lowest BCUT2D eigenvalue weighted by Crippen LogP contribution is -2.53. The minimum atomic E-state index is -5.17. The van der Waals surface area contributed by atoms with Crippen LogP contribution in [-0.2, 0) is 17.8 Å². The third-order valence-electron chi connectivity index (χ3n) is 3.73. The van der Waals surface area contributed by atoms with Crippen LogP contribution in [0.2, 0.25) is 0 Å². The number of nitrogen functional groups attached to an aromatic ring is 1. The number of hydrogen-bond acceptors (Lipinski definition) is 10. The molecule has 0 aromatic carbocycles. The number of alkyl halides is 3. The van der Waals surface area contributed by atoms with E-state index in [2.05, 4.69) is 30.8 Å². The molecular weight excluding hydrogens is 427 g/mol. The van der Waals surface area contributed by atoms with Crippen LogP contribution >= 0.6 is 0 Å². The zero-order valence-corrected chi connectivity index (χ0v) is 16.4. The number of carbonyl (C=O) groups is 1. The third kappa shape index (κ3) is 6.79. The standard InChI is InChI=1S/C15H18F3N9O4/c1-9-22-13(19)10(6-26(9)31-14(28)15(16,17)18)5-25-7-11(23-24-25)3-4-21-12(20-2)8-27(29)30/h6-8,19-21H,3-5H2,1-2H3/p+1/b12-8-. The number of nitro groups is 1. The molecule has 0 bridgehead atoms. The van der Waals surface area contributed by atoms with Crippen LogP contribution in [0.3, 0.4) is 0 Å². The molecule has 2 rings (SSSR count). The van der Waals surface area contributed by atoms with Crippen molar-refractivity contribution in [3.05, 3.63) is 51.6 Å². The number of rotatable bonds is 9. The van der Waals surface area contributed by atoms with Gasteiger partial charge in [-0.25, -0.2) is 14.3 Å². The molecule has 31 heavy (non-hydrogen) atoms. The summed E-state index contributed by atoms with van der Waals surface area (Å²) in [6.45, 7) is 1.63. The molecule has 0 aliphatic rings. The Labute approximate surface area is 172 Å². The molecule has 0 aliphatic carbocycles. The summed E-state index contributed by atoms with van der Waals surface area (Å²) in [4.78, 5) is 29.1. The molecule has 0 fully saturated rings. The Morgan fingerprint density at radius 2 is 2.19 bits per heavy atom. The maximum atomic E-state index is 12.4. The molecule has 0 radical (unpaired) electrons. The molecule has 0 spiro atoms. The predicted octanol–water partition coefficient (Wildman–Crippen LogP) is -1.16. The van der Waals surface area contributed by atoms with Gasteiger partial charge in [-0.15, -0.1) is 5.10 Å². The maximum Gasteiger partial charge on any atom is 0.495 e. The summed E-state index contributed by atoms with van der Waals surface area (Å²) in [5.41, 5.74) is 6.58. The third-order valence-corrected chi connectivity index (χ3v) is 3.73. The van der Waals surface area contributed by atoms with Crippen LogP contribution in [0.25, 0.3) is 0 Å². The lowest BCUT2D eigenvalue weighted by atomic mass is 10.3. The average Bonchev–Trinajstić information content (AvgIpc) is 3.10. The Kier molecular flexibility index (Phi) is 7.28. The van der Waals surface area contributed by atoms with Crippen LogP contribution in [-0.4, -0.2) is 50.6 Å². The second-order valence-electron chi connectivity index (χ2n) is 6.06. The smallest absolute Gasteiger partial charge is 0.370 e. The van der Waals surface area contributed by atoms with E-state index < -0.39 is 17.1 Å². The van der Waals surface area contributed by atoms with E-state index in [1.807, 2.05) is 0 Å². The van der Waals surface area contributed by atoms with E-state index in [9.17, 15) is 28.1 Å². The van der Waals surface area contributed by atoms with Crippen molar-refractivity contribution in [1.82, 2.24) is 30.6 Å². The first kappa shape index (κ1) is 23.3. The van der Waals surface area contributed by atoms with Crippen molar-refractivity contribution < 1.29 is 32.5 Å². The Balaban J connectivity index is 2.05. The SMILES string of the molecule is CN/C(=C/[N+](=O)[O-])NCCc1cn(Cc2c[n+](OC(=O)C(F)(F)F)c(C)nc2N)nn1. The second kappa shape index (κ2) is 9.68. The number of aryl methyl sites for hydroxylation is 1. The highest BCUT2D eigenvalue weighted by Crippen LogP contribution is 2.15. The molecule has 2 aromatic rings. The van der Waals surface area contributed by atoms with Gasteiger partial charge in [0.1, 0.15) is 6.20 Å². The number of halogens is 3. The zero-order valence-electron chi connectivity index (χ0n) is 16.4. The Bertz CT molecular complexity index is 991. The first-order valence-corrected chi connectivity index (χ1v) is 8.62. The molecule has 0 atom stereocenters. The summed E-state index contributed by atoms with van der Waals surface area (Å²) >= 11 is 0. The van der Waals surface area contributed by atoms with Gasteiger partial charge in [0.15, 0.2) is 5.82 Å². The van der Waals surface area contributed by atoms with E-state index in [0.29, 0.717) is 23.4 Å². The van der Waals surface area contributed by atoms with Gasteiger partial charge in [0.25, 0.3) is 6.20 Å². The quantitative estimate of drug-likeness (QED) is 0.243. The number of aromatic nitrogens is 5. The lowest BCUT2D eigenvalue weighted by Gasteiger charge is -2.07. The summed E-state index contributed by atoms with van der Waals surface area (Å²) in [6.07, 6.45) is -1.35. The first-order valence-electron chi connectivity index (χ1n) is 8.62. The van der Waals surface area contributed by atoms with E-state index in [0.717, 1.165) is 12.4 Å². The van der Waals surface area contributed by atoms with Crippen LogP contribution in [0, 0.1) is 17.0 Å². The van der Waals surface area contributed by atoms with Gasteiger partial charge >= 0.3 is 18.0 Å². The number of hydrogen-bond donors (Lipinski definition) is 3. The summed E-state index contributed by atoms with van der Waals surface area (Å²) in [7, 11) is 1.52. The van der Waals surface area contributed by atoms with Crippen molar-refractivity contribution in [2.24, 2.45) is 0 Å². The van der Waals surface area contributed by atoms with Gasteiger partial charge in [-0.1, -0.05) is 5.21 Å². The van der Waals surface area contributed by atoms with Gasteiger partial charge in [0, 0.05) is 33.1 Å². The number of anilines is 1. The molecule has 0 saturated heterocycles. The van der Waals surface area contributed by atoms with Crippen LogP contribution in [0.1, 0.15) is 17.1 Å². The van der Waals surface area contributed by atoms with Crippen molar-refractivity contribution in [3.63, 3.8) is 0 Å². The molecular formula is C15H19F3N9O4+. The Morgan fingerprint density at radius 3 is 2.81 bits per heavy atom. The van der Waals surface area contributed by atoms with Crippen LogP contribution in [0.15, 0.2) is 24.4 Å². The molecule has 0 aliphatic heterocycles. The molecule has 2 aromatic heterocycles. The van der Waals surface area contributed by atoms with Gasteiger partial charge in [0.05, 0.1) is 22.7 Å². The van der Waals surface area contributed by atoms with Gasteiger partial charge in [0.2, 0.25) is 5.82 Å². The zero-order chi connectivity index (χ0) is 23.2. The maximum absolute atomic E-state index is 12.4. The molecule has 13 nitrogen and oxygen atoms in total. The van der Waals surface area contributed by atoms with Gasteiger partial charge in [-0.05, 0) is 9.71 Å². The molecule has 0 saturated carbocycles. The van der Waals surface area contributed by atoms with Crippen LogP contribution in [0.4, 0.5) is 19.0 Å². The van der Waals surface area contributed by atoms with Gasteiger partial charge < -0.3 is 16.4 Å². The minimum absolute atomic E-state index is 0.00784. The van der Waals surface area contributed by atoms with E-state index in [-0.39, 0.29) is 29.6 Å². The van der Waals surface area contributed by atoms with E-state index in [1.54, 1.807) is 6.20 Å². The fourth-order valence-electron chi connectivity index (χ4n) is 2.29. The fourth-order valence-corrected chi connectivity index (χ4v) is 2.29. The predicted molar refractivity (Wildman–Crippen MR) is 96.2 cm³/mol. The average molecular weight is 446 g/mol. The molecule has 2 heterocycles.